The first-order valence-electron chi connectivity index (χ1n) is 14.8. The van der Waals surface area contributed by atoms with Crippen LogP contribution in [0, 0.1) is 35.6 Å². The van der Waals surface area contributed by atoms with Crippen LogP contribution in [0.2, 0.25) is 0 Å². The van der Waals surface area contributed by atoms with Crippen LogP contribution >= 0.6 is 24.8 Å². The SMILES string of the molecule is CC(C)c1cc2c(-c3ccc(C(C)(C)C)cc3)cccc2[cH-]1.Cc1cccc(-c2ccc(C)c3[cH-]c(C)cc23)c1.Cl.Cl.[CH3-].[CH3-].[Si]=[Zr]. The van der Waals surface area contributed by atoms with Gasteiger partial charge >= 0.3 is 30.2 Å². The summed E-state index contributed by atoms with van der Waals surface area (Å²) in [4.78, 5) is 0. The molecule has 0 aliphatic heterocycles. The summed E-state index contributed by atoms with van der Waals surface area (Å²) < 4.78 is 0. The Morgan fingerprint density at radius 1 is 0.652 bits per heavy atom. The minimum atomic E-state index is 0. The van der Waals surface area contributed by atoms with E-state index in [1.54, 1.807) is 0 Å². The molecule has 0 saturated heterocycles. The second-order valence-electron chi connectivity index (χ2n) is 12.7. The van der Waals surface area contributed by atoms with Crippen molar-refractivity contribution in [1.82, 2.24) is 0 Å². The fourth-order valence-corrected chi connectivity index (χ4v) is 5.65. The van der Waals surface area contributed by atoms with Crippen molar-refractivity contribution in [2.45, 2.75) is 66.7 Å². The molecular formula is C42H50Cl2SiZr-4. The van der Waals surface area contributed by atoms with Gasteiger partial charge < -0.3 is 14.9 Å². The standard InChI is InChI=1S/C22H25.C18H17.2CH3.2ClH.Si.Zr/c1-15(2)18-13-17-7-6-8-20(21(17)14-18)16-9-11-19(12-10-16)22(3,4)5;1-12-5-4-6-15(9-12)16-8-7-14(3)17-10-13(2)11-18(16)17;;;;;;/h6-15H,1-5H3;4-11H,1-3H3;2*1H3;2*1H;;/q4*-1;;;;. The summed E-state index contributed by atoms with van der Waals surface area (Å²) in [5.41, 5.74) is 12.3. The van der Waals surface area contributed by atoms with Crippen molar-refractivity contribution in [2.75, 3.05) is 0 Å². The molecule has 0 aliphatic carbocycles. The van der Waals surface area contributed by atoms with Crippen molar-refractivity contribution in [3.8, 4) is 22.3 Å². The molecule has 6 rings (SSSR count). The minimum absolute atomic E-state index is 0. The monoisotopic (exact) mass is 742 g/mol. The summed E-state index contributed by atoms with van der Waals surface area (Å²) in [6, 6.07) is 38.1. The molecule has 0 spiro atoms. The summed E-state index contributed by atoms with van der Waals surface area (Å²) in [5, 5.41) is 5.47. The Labute approximate surface area is 309 Å². The Morgan fingerprint density at radius 3 is 1.85 bits per heavy atom. The maximum atomic E-state index is 3.06. The molecular weight excluding hydrogens is 695 g/mol. The molecule has 0 unspecified atom stereocenters. The van der Waals surface area contributed by atoms with E-state index in [2.05, 4.69) is 165 Å². The molecule has 0 bridgehead atoms. The first-order chi connectivity index (χ1) is 20.0. The van der Waals surface area contributed by atoms with Crippen LogP contribution in [0.3, 0.4) is 0 Å². The molecule has 0 nitrogen and oxygen atoms in total. The molecule has 0 fully saturated rings. The van der Waals surface area contributed by atoms with Gasteiger partial charge in [-0.25, -0.2) is 0 Å². The van der Waals surface area contributed by atoms with E-state index in [4.69, 9.17) is 0 Å². The summed E-state index contributed by atoms with van der Waals surface area (Å²) in [5.74, 6) is 0.573. The quantitative estimate of drug-likeness (QED) is 0.125. The van der Waals surface area contributed by atoms with Gasteiger partial charge in [0.2, 0.25) is 0 Å². The number of fused-ring (bicyclic) bond motifs is 2. The number of hydrogen-bond donors (Lipinski definition) is 0. The fourth-order valence-electron chi connectivity index (χ4n) is 5.65. The zero-order valence-corrected chi connectivity index (χ0v) is 34.3. The van der Waals surface area contributed by atoms with Gasteiger partial charge in [0.25, 0.3) is 0 Å². The van der Waals surface area contributed by atoms with Crippen LogP contribution in [0.15, 0.2) is 103 Å². The van der Waals surface area contributed by atoms with Gasteiger partial charge in [0.15, 0.2) is 0 Å². The third-order valence-electron chi connectivity index (χ3n) is 8.08. The van der Waals surface area contributed by atoms with Crippen molar-refractivity contribution in [3.05, 3.63) is 146 Å². The predicted octanol–water partition coefficient (Wildman–Crippen LogP) is 13.2. The van der Waals surface area contributed by atoms with E-state index in [1.807, 2.05) is 0 Å². The third kappa shape index (κ3) is 10.1. The topological polar surface area (TPSA) is 0 Å². The van der Waals surface area contributed by atoms with Crippen molar-refractivity contribution in [1.29, 1.82) is 0 Å². The van der Waals surface area contributed by atoms with E-state index in [0.717, 1.165) is 0 Å². The van der Waals surface area contributed by atoms with Crippen LogP contribution in [-0.2, 0) is 28.8 Å². The van der Waals surface area contributed by atoms with Crippen LogP contribution in [0.25, 0.3) is 43.8 Å². The van der Waals surface area contributed by atoms with E-state index in [0.29, 0.717) is 5.92 Å². The van der Waals surface area contributed by atoms with Crippen molar-refractivity contribution < 1.29 is 23.3 Å². The Kier molecular flexibility index (Phi) is 18.0. The molecule has 0 heterocycles. The van der Waals surface area contributed by atoms with E-state index in [9.17, 15) is 0 Å². The number of benzene rings is 4. The molecule has 6 aromatic rings. The van der Waals surface area contributed by atoms with Crippen LogP contribution in [0.4, 0.5) is 0 Å². The summed E-state index contributed by atoms with van der Waals surface area (Å²) in [7, 11) is 0. The number of hydrogen-bond acceptors (Lipinski definition) is 0. The van der Waals surface area contributed by atoms with Crippen LogP contribution < -0.4 is 0 Å². The van der Waals surface area contributed by atoms with E-state index in [-0.39, 0.29) is 45.1 Å². The second kappa shape index (κ2) is 18.9. The van der Waals surface area contributed by atoms with Crippen LogP contribution in [0.1, 0.15) is 68.4 Å². The Hall–Kier alpha value is -2.22. The molecule has 0 aliphatic rings. The average Bonchev–Trinajstić information content (AvgIpc) is 3.59. The molecule has 0 saturated carbocycles. The zero-order chi connectivity index (χ0) is 30.6. The molecule has 0 atom stereocenters. The normalized spacial score (nSPS) is 10.3. The van der Waals surface area contributed by atoms with Gasteiger partial charge in [-0.2, -0.15) is 12.1 Å². The molecule has 4 heteroatoms. The zero-order valence-electron chi connectivity index (χ0n) is 29.2. The summed E-state index contributed by atoms with van der Waals surface area (Å²) in [6.07, 6.45) is 0. The molecule has 46 heavy (non-hydrogen) atoms. The molecule has 2 radical (unpaired) electrons. The molecule has 244 valence electrons. The van der Waals surface area contributed by atoms with E-state index < -0.39 is 0 Å². The number of rotatable bonds is 3. The molecule has 0 amide bonds. The van der Waals surface area contributed by atoms with Gasteiger partial charge in [-0.05, 0) is 34.9 Å². The van der Waals surface area contributed by atoms with Crippen molar-refractivity contribution in [3.63, 3.8) is 0 Å². The van der Waals surface area contributed by atoms with Gasteiger partial charge in [0.05, 0.1) is 0 Å². The second-order valence-corrected chi connectivity index (χ2v) is 12.7. The fraction of sp³-hybridized carbons (Fsp3) is 0.238. The maximum absolute atomic E-state index is 3.06. The van der Waals surface area contributed by atoms with E-state index in [1.165, 1.54) is 95.0 Å². The number of halogens is 2. The first kappa shape index (κ1) is 43.8. The van der Waals surface area contributed by atoms with Gasteiger partial charge in [-0.3, -0.25) is 0 Å². The Balaban J connectivity index is 0.000000782. The summed E-state index contributed by atoms with van der Waals surface area (Å²) in [6.45, 7) is 20.8. The van der Waals surface area contributed by atoms with Gasteiger partial charge in [-0.1, -0.05) is 126 Å². The average molecular weight is 745 g/mol. The predicted molar refractivity (Wildman–Crippen MR) is 210 cm³/mol. The van der Waals surface area contributed by atoms with Crippen LogP contribution in [0.5, 0.6) is 0 Å². The number of aryl methyl sites for hydroxylation is 3. The first-order valence-corrected chi connectivity index (χ1v) is 19.0. The van der Waals surface area contributed by atoms with Crippen molar-refractivity contribution >= 4 is 53.2 Å². The van der Waals surface area contributed by atoms with Crippen LogP contribution in [-0.4, -0.2) is 6.88 Å². The summed E-state index contributed by atoms with van der Waals surface area (Å²) >= 11 is 1.36. The Bertz CT molecular complexity index is 1800. The molecule has 0 N–H and O–H groups in total. The third-order valence-corrected chi connectivity index (χ3v) is 8.08. The molecule has 0 aromatic heterocycles. The molecule has 6 aromatic carbocycles. The van der Waals surface area contributed by atoms with E-state index >= 15 is 0 Å². The van der Waals surface area contributed by atoms with Gasteiger partial charge in [-0.15, -0.1) is 93.4 Å². The van der Waals surface area contributed by atoms with Gasteiger partial charge in [0, 0.05) is 0 Å². The van der Waals surface area contributed by atoms with Crippen molar-refractivity contribution in [2.24, 2.45) is 0 Å². The van der Waals surface area contributed by atoms with Gasteiger partial charge in [0.1, 0.15) is 0 Å². The Morgan fingerprint density at radius 2 is 1.26 bits per heavy atom.